The number of carbonyl (C=O) groups excluding carboxylic acids is 1. The summed E-state index contributed by atoms with van der Waals surface area (Å²) in [4.78, 5) is 12.3. The number of nitrogen functional groups attached to an aromatic ring is 1. The fourth-order valence-electron chi connectivity index (χ4n) is 2.05. The van der Waals surface area contributed by atoms with Crippen molar-refractivity contribution in [3.63, 3.8) is 0 Å². The standard InChI is InChI=1S/C16H17IN2O2/c1-3-10-8-12(17)5-6-14(10)19-16(20)11-4-7-15(21-2)13(18)9-11/h4-9H,3,18H2,1-2H3,(H,19,20). The Morgan fingerprint density at radius 2 is 2.05 bits per heavy atom. The van der Waals surface area contributed by atoms with Crippen molar-refractivity contribution in [1.82, 2.24) is 0 Å². The summed E-state index contributed by atoms with van der Waals surface area (Å²) in [5, 5.41) is 2.93. The van der Waals surface area contributed by atoms with E-state index in [2.05, 4.69) is 40.9 Å². The molecule has 0 atom stereocenters. The largest absolute Gasteiger partial charge is 0.495 e. The molecule has 1 amide bonds. The van der Waals surface area contributed by atoms with Gasteiger partial charge in [-0.25, -0.2) is 0 Å². The van der Waals surface area contributed by atoms with E-state index in [0.717, 1.165) is 21.2 Å². The molecule has 0 aromatic heterocycles. The van der Waals surface area contributed by atoms with Gasteiger partial charge in [-0.1, -0.05) is 6.92 Å². The number of hydrogen-bond donors (Lipinski definition) is 2. The predicted molar refractivity (Wildman–Crippen MR) is 93.9 cm³/mol. The van der Waals surface area contributed by atoms with E-state index in [9.17, 15) is 4.79 Å². The van der Waals surface area contributed by atoms with Gasteiger partial charge in [-0.15, -0.1) is 0 Å². The van der Waals surface area contributed by atoms with Crippen LogP contribution in [-0.4, -0.2) is 13.0 Å². The van der Waals surface area contributed by atoms with Crippen LogP contribution in [0, 0.1) is 3.57 Å². The number of anilines is 2. The van der Waals surface area contributed by atoms with Crippen LogP contribution in [0.15, 0.2) is 36.4 Å². The molecular weight excluding hydrogens is 379 g/mol. The molecule has 0 heterocycles. The Bertz CT molecular complexity index is 671. The van der Waals surface area contributed by atoms with Gasteiger partial charge in [0.1, 0.15) is 5.75 Å². The highest BCUT2D eigenvalue weighted by Crippen LogP contribution is 2.24. The number of carbonyl (C=O) groups is 1. The van der Waals surface area contributed by atoms with Gasteiger partial charge in [0.05, 0.1) is 12.8 Å². The summed E-state index contributed by atoms with van der Waals surface area (Å²) >= 11 is 2.26. The highest BCUT2D eigenvalue weighted by atomic mass is 127. The summed E-state index contributed by atoms with van der Waals surface area (Å²) in [6.45, 7) is 2.06. The van der Waals surface area contributed by atoms with Gasteiger partial charge in [0.15, 0.2) is 0 Å². The molecule has 0 spiro atoms. The third-order valence-corrected chi connectivity index (χ3v) is 3.86. The van der Waals surface area contributed by atoms with Crippen molar-refractivity contribution in [2.75, 3.05) is 18.2 Å². The van der Waals surface area contributed by atoms with Crippen LogP contribution in [0.1, 0.15) is 22.8 Å². The molecule has 2 aromatic carbocycles. The van der Waals surface area contributed by atoms with Crippen molar-refractivity contribution < 1.29 is 9.53 Å². The fourth-order valence-corrected chi connectivity index (χ4v) is 2.60. The van der Waals surface area contributed by atoms with Crippen molar-refractivity contribution >= 4 is 39.9 Å². The van der Waals surface area contributed by atoms with Gasteiger partial charge >= 0.3 is 0 Å². The number of aryl methyl sites for hydroxylation is 1. The summed E-state index contributed by atoms with van der Waals surface area (Å²) in [6, 6.07) is 11.0. The van der Waals surface area contributed by atoms with Crippen molar-refractivity contribution in [3.05, 3.63) is 51.1 Å². The molecule has 0 fully saturated rings. The van der Waals surface area contributed by atoms with E-state index < -0.39 is 0 Å². The van der Waals surface area contributed by atoms with E-state index in [1.54, 1.807) is 25.3 Å². The van der Waals surface area contributed by atoms with E-state index >= 15 is 0 Å². The van der Waals surface area contributed by atoms with Crippen molar-refractivity contribution in [1.29, 1.82) is 0 Å². The molecule has 2 rings (SSSR count). The number of rotatable bonds is 4. The van der Waals surface area contributed by atoms with Crippen LogP contribution in [0.5, 0.6) is 5.75 Å². The van der Waals surface area contributed by atoms with E-state index in [0.29, 0.717) is 17.0 Å². The molecule has 21 heavy (non-hydrogen) atoms. The Morgan fingerprint density at radius 1 is 1.29 bits per heavy atom. The van der Waals surface area contributed by atoms with Crippen molar-refractivity contribution in [3.8, 4) is 5.75 Å². The fraction of sp³-hybridized carbons (Fsp3) is 0.188. The maximum Gasteiger partial charge on any atom is 0.255 e. The average Bonchev–Trinajstić information content (AvgIpc) is 2.48. The maximum atomic E-state index is 12.3. The molecule has 0 bridgehead atoms. The Labute approximate surface area is 137 Å². The second-order valence-electron chi connectivity index (χ2n) is 4.57. The Morgan fingerprint density at radius 3 is 2.67 bits per heavy atom. The summed E-state index contributed by atoms with van der Waals surface area (Å²) in [6.07, 6.45) is 0.858. The van der Waals surface area contributed by atoms with Gasteiger partial charge in [0.25, 0.3) is 5.91 Å². The molecule has 2 aromatic rings. The molecule has 3 N–H and O–H groups in total. The summed E-state index contributed by atoms with van der Waals surface area (Å²) in [7, 11) is 1.55. The van der Waals surface area contributed by atoms with Crippen LogP contribution in [-0.2, 0) is 6.42 Å². The Balaban J connectivity index is 2.24. The van der Waals surface area contributed by atoms with Gasteiger partial charge in [0.2, 0.25) is 0 Å². The van der Waals surface area contributed by atoms with Crippen LogP contribution in [0.25, 0.3) is 0 Å². The molecule has 0 aliphatic heterocycles. The highest BCUT2D eigenvalue weighted by Gasteiger charge is 2.11. The third kappa shape index (κ3) is 3.66. The number of benzene rings is 2. The second kappa shape index (κ2) is 6.80. The number of nitrogens with two attached hydrogens (primary N) is 1. The average molecular weight is 396 g/mol. The van der Waals surface area contributed by atoms with Crippen LogP contribution in [0.3, 0.4) is 0 Å². The van der Waals surface area contributed by atoms with Crippen molar-refractivity contribution in [2.24, 2.45) is 0 Å². The van der Waals surface area contributed by atoms with Gasteiger partial charge in [0, 0.05) is 14.8 Å². The summed E-state index contributed by atoms with van der Waals surface area (Å²) < 4.78 is 6.24. The second-order valence-corrected chi connectivity index (χ2v) is 5.81. The van der Waals surface area contributed by atoms with E-state index in [4.69, 9.17) is 10.5 Å². The summed E-state index contributed by atoms with van der Waals surface area (Å²) in [5.74, 6) is 0.385. The van der Waals surface area contributed by atoms with Gasteiger partial charge in [-0.2, -0.15) is 0 Å². The highest BCUT2D eigenvalue weighted by molar-refractivity contribution is 14.1. The monoisotopic (exact) mass is 396 g/mol. The first kappa shape index (κ1) is 15.6. The molecule has 4 nitrogen and oxygen atoms in total. The molecular formula is C16H17IN2O2. The van der Waals surface area contributed by atoms with Crippen molar-refractivity contribution in [2.45, 2.75) is 13.3 Å². The molecule has 0 saturated heterocycles. The number of methoxy groups -OCH3 is 1. The minimum atomic E-state index is -0.180. The quantitative estimate of drug-likeness (QED) is 0.612. The first-order chi connectivity index (χ1) is 10.0. The van der Waals surface area contributed by atoms with Gasteiger partial charge in [-0.3, -0.25) is 4.79 Å². The smallest absolute Gasteiger partial charge is 0.255 e. The normalized spacial score (nSPS) is 10.2. The van der Waals surface area contributed by atoms with E-state index in [-0.39, 0.29) is 5.91 Å². The number of ether oxygens (including phenoxy) is 1. The lowest BCUT2D eigenvalue weighted by atomic mass is 10.1. The topological polar surface area (TPSA) is 64.3 Å². The molecule has 0 radical (unpaired) electrons. The zero-order valence-electron chi connectivity index (χ0n) is 11.9. The number of hydrogen-bond acceptors (Lipinski definition) is 3. The van der Waals surface area contributed by atoms with Gasteiger partial charge in [-0.05, 0) is 71.0 Å². The van der Waals surface area contributed by atoms with Crippen LogP contribution in [0.4, 0.5) is 11.4 Å². The third-order valence-electron chi connectivity index (χ3n) is 3.19. The van der Waals surface area contributed by atoms with Gasteiger partial charge < -0.3 is 15.8 Å². The minimum absolute atomic E-state index is 0.180. The SMILES string of the molecule is CCc1cc(I)ccc1NC(=O)c1ccc(OC)c(N)c1. The molecule has 110 valence electrons. The zero-order chi connectivity index (χ0) is 15.4. The zero-order valence-corrected chi connectivity index (χ0v) is 14.1. The predicted octanol–water partition coefficient (Wildman–Crippen LogP) is 3.70. The molecule has 0 saturated carbocycles. The van der Waals surface area contributed by atoms with Crippen LogP contribution >= 0.6 is 22.6 Å². The molecule has 0 unspecified atom stereocenters. The lowest BCUT2D eigenvalue weighted by molar-refractivity contribution is 0.102. The lowest BCUT2D eigenvalue weighted by Crippen LogP contribution is -2.13. The first-order valence-electron chi connectivity index (χ1n) is 6.58. The van der Waals surface area contributed by atoms with Crippen LogP contribution < -0.4 is 15.8 Å². The number of amides is 1. The first-order valence-corrected chi connectivity index (χ1v) is 7.66. The molecule has 0 aliphatic carbocycles. The molecule has 5 heteroatoms. The van der Waals surface area contributed by atoms with Crippen LogP contribution in [0.2, 0.25) is 0 Å². The number of nitrogens with one attached hydrogen (secondary N) is 1. The Hall–Kier alpha value is -1.76. The molecule has 0 aliphatic rings. The Kier molecular flexibility index (Phi) is 5.06. The van der Waals surface area contributed by atoms with E-state index in [1.807, 2.05) is 12.1 Å². The maximum absolute atomic E-state index is 12.3. The number of halogens is 1. The minimum Gasteiger partial charge on any atom is -0.495 e. The van der Waals surface area contributed by atoms with E-state index in [1.165, 1.54) is 0 Å². The summed E-state index contributed by atoms with van der Waals surface area (Å²) in [5.41, 5.74) is 8.73. The lowest BCUT2D eigenvalue weighted by Gasteiger charge is -2.11.